The van der Waals surface area contributed by atoms with Crippen molar-refractivity contribution in [1.82, 2.24) is 9.47 Å². The second-order valence-electron chi connectivity index (χ2n) is 11.0. The predicted octanol–water partition coefficient (Wildman–Crippen LogP) is 7.50. The summed E-state index contributed by atoms with van der Waals surface area (Å²) in [5.41, 5.74) is 13.4. The first kappa shape index (κ1) is 29.0. The highest BCUT2D eigenvalue weighted by Gasteiger charge is 2.31. The number of benzene rings is 3. The summed E-state index contributed by atoms with van der Waals surface area (Å²) in [6.45, 7) is 8.34. The maximum atomic E-state index is 12.9. The van der Waals surface area contributed by atoms with Crippen molar-refractivity contribution in [3.8, 4) is 16.9 Å². The van der Waals surface area contributed by atoms with E-state index in [2.05, 4.69) is 75.1 Å². The van der Waals surface area contributed by atoms with Crippen LogP contribution in [-0.2, 0) is 19.5 Å². The van der Waals surface area contributed by atoms with Crippen LogP contribution in [0.15, 0.2) is 66.9 Å². The number of aromatic nitrogens is 1. The zero-order chi connectivity index (χ0) is 29.0. The van der Waals surface area contributed by atoms with E-state index in [1.54, 1.807) is 6.07 Å². The quantitative estimate of drug-likeness (QED) is 0.209. The standard InChI is InChI=1S/C33H39F3N4O/c1-3-25-20-28(41-33(34,35)36)9-10-29(25)31-22-40(15-5-14-37)32-11-8-24(19-30(31)32)21-39-16-12-26(13-17-39)38-27-7-4-6-23(2)18-27/h4,6-11,18-20,22,26,38H,3,5,12-17,21,37H2,1-2H3. The van der Waals surface area contributed by atoms with Gasteiger partial charge < -0.3 is 20.4 Å². The molecule has 5 nitrogen and oxygen atoms in total. The summed E-state index contributed by atoms with van der Waals surface area (Å²) >= 11 is 0. The van der Waals surface area contributed by atoms with E-state index in [0.29, 0.717) is 19.0 Å². The number of hydrogen-bond donors (Lipinski definition) is 2. The molecule has 1 aliphatic rings. The number of aryl methyl sites for hydroxylation is 3. The second-order valence-corrected chi connectivity index (χ2v) is 11.0. The number of likely N-dealkylation sites (tertiary alicyclic amines) is 1. The Morgan fingerprint density at radius 1 is 1.00 bits per heavy atom. The highest BCUT2D eigenvalue weighted by Crippen LogP contribution is 2.37. The van der Waals surface area contributed by atoms with E-state index in [1.807, 2.05) is 6.92 Å². The molecular formula is C33H39F3N4O. The molecule has 1 aromatic heterocycles. The number of halogens is 3. The maximum Gasteiger partial charge on any atom is 0.573 e. The monoisotopic (exact) mass is 564 g/mol. The fourth-order valence-corrected chi connectivity index (χ4v) is 5.89. The Morgan fingerprint density at radius 2 is 1.80 bits per heavy atom. The second kappa shape index (κ2) is 12.6. The van der Waals surface area contributed by atoms with Crippen molar-refractivity contribution in [2.45, 2.75) is 65.0 Å². The van der Waals surface area contributed by atoms with Crippen LogP contribution in [0.2, 0.25) is 0 Å². The number of fused-ring (bicyclic) bond motifs is 1. The maximum absolute atomic E-state index is 12.9. The molecule has 0 amide bonds. The van der Waals surface area contributed by atoms with Crippen molar-refractivity contribution in [3.63, 3.8) is 0 Å². The molecule has 0 saturated carbocycles. The lowest BCUT2D eigenvalue weighted by Crippen LogP contribution is -2.38. The number of nitrogens with two attached hydrogens (primary N) is 1. The summed E-state index contributed by atoms with van der Waals surface area (Å²) < 4.78 is 45.0. The smallest absolute Gasteiger partial charge is 0.406 e. The van der Waals surface area contributed by atoms with Gasteiger partial charge in [-0.05, 0) is 97.8 Å². The van der Waals surface area contributed by atoms with Crippen molar-refractivity contribution in [3.05, 3.63) is 83.6 Å². The lowest BCUT2D eigenvalue weighted by atomic mass is 9.96. The van der Waals surface area contributed by atoms with Crippen LogP contribution < -0.4 is 15.8 Å². The molecule has 0 spiro atoms. The van der Waals surface area contributed by atoms with Crippen LogP contribution >= 0.6 is 0 Å². The Morgan fingerprint density at radius 3 is 2.51 bits per heavy atom. The SMILES string of the molecule is CCc1cc(OC(F)(F)F)ccc1-c1cn(CCCN)c2ccc(CN3CCC(Nc4cccc(C)c4)CC3)cc12. The lowest BCUT2D eigenvalue weighted by molar-refractivity contribution is -0.274. The molecule has 1 saturated heterocycles. The number of nitrogens with zero attached hydrogens (tertiary/aromatic N) is 2. The van der Waals surface area contributed by atoms with Gasteiger partial charge in [0, 0.05) is 60.6 Å². The van der Waals surface area contributed by atoms with E-state index in [0.717, 1.165) is 73.0 Å². The molecule has 0 radical (unpaired) electrons. The number of alkyl halides is 3. The fourth-order valence-electron chi connectivity index (χ4n) is 5.89. The van der Waals surface area contributed by atoms with Gasteiger partial charge in [-0.25, -0.2) is 0 Å². The third-order valence-electron chi connectivity index (χ3n) is 7.91. The van der Waals surface area contributed by atoms with Gasteiger partial charge in [-0.1, -0.05) is 31.2 Å². The zero-order valence-corrected chi connectivity index (χ0v) is 23.8. The van der Waals surface area contributed by atoms with Gasteiger partial charge in [-0.15, -0.1) is 13.2 Å². The molecule has 0 unspecified atom stereocenters. The van der Waals surface area contributed by atoms with Crippen molar-refractivity contribution in [1.29, 1.82) is 0 Å². The number of ether oxygens (including phenoxy) is 1. The molecule has 4 aromatic rings. The molecule has 41 heavy (non-hydrogen) atoms. The van der Waals surface area contributed by atoms with E-state index in [9.17, 15) is 13.2 Å². The zero-order valence-electron chi connectivity index (χ0n) is 23.8. The summed E-state index contributed by atoms with van der Waals surface area (Å²) in [5.74, 6) is -0.189. The van der Waals surface area contributed by atoms with Crippen LogP contribution in [-0.4, -0.2) is 41.5 Å². The highest BCUT2D eigenvalue weighted by molar-refractivity contribution is 5.97. The summed E-state index contributed by atoms with van der Waals surface area (Å²) in [7, 11) is 0. The Labute approximate surface area is 240 Å². The number of hydrogen-bond acceptors (Lipinski definition) is 4. The van der Waals surface area contributed by atoms with Gasteiger partial charge in [0.15, 0.2) is 0 Å². The molecule has 3 N–H and O–H groups in total. The van der Waals surface area contributed by atoms with Crippen molar-refractivity contribution >= 4 is 16.6 Å². The van der Waals surface area contributed by atoms with Gasteiger partial charge in [0.1, 0.15) is 5.75 Å². The Bertz CT molecular complexity index is 1470. The van der Waals surface area contributed by atoms with Gasteiger partial charge in [0.2, 0.25) is 0 Å². The third-order valence-corrected chi connectivity index (χ3v) is 7.91. The van der Waals surface area contributed by atoms with E-state index in [1.165, 1.54) is 28.9 Å². The largest absolute Gasteiger partial charge is 0.573 e. The van der Waals surface area contributed by atoms with Crippen LogP contribution in [0.4, 0.5) is 18.9 Å². The van der Waals surface area contributed by atoms with Crippen molar-refractivity contribution in [2.24, 2.45) is 5.73 Å². The predicted molar refractivity (Wildman–Crippen MR) is 160 cm³/mol. The molecule has 0 bridgehead atoms. The van der Waals surface area contributed by atoms with E-state index in [-0.39, 0.29) is 5.75 Å². The molecule has 1 fully saturated rings. The fraction of sp³-hybridized carbons (Fsp3) is 0.394. The van der Waals surface area contributed by atoms with Crippen molar-refractivity contribution in [2.75, 3.05) is 25.0 Å². The Balaban J connectivity index is 1.37. The molecule has 5 rings (SSSR count). The molecule has 218 valence electrons. The first-order valence-electron chi connectivity index (χ1n) is 14.5. The molecule has 2 heterocycles. The Kier molecular flexibility index (Phi) is 8.90. The van der Waals surface area contributed by atoms with Crippen molar-refractivity contribution < 1.29 is 17.9 Å². The van der Waals surface area contributed by atoms with Gasteiger partial charge >= 0.3 is 6.36 Å². The highest BCUT2D eigenvalue weighted by atomic mass is 19.4. The minimum Gasteiger partial charge on any atom is -0.406 e. The lowest BCUT2D eigenvalue weighted by Gasteiger charge is -2.33. The summed E-state index contributed by atoms with van der Waals surface area (Å²) in [6.07, 6.45) is 1.00. The van der Waals surface area contributed by atoms with E-state index in [4.69, 9.17) is 5.73 Å². The molecule has 0 aliphatic carbocycles. The number of piperidine rings is 1. The third kappa shape index (κ3) is 7.24. The number of anilines is 1. The molecular weight excluding hydrogens is 525 g/mol. The average Bonchev–Trinajstić information content (AvgIpc) is 3.29. The van der Waals surface area contributed by atoms with Gasteiger partial charge in [-0.2, -0.15) is 0 Å². The minimum absolute atomic E-state index is 0.189. The molecule has 0 atom stereocenters. The van der Waals surface area contributed by atoms with Crippen LogP contribution in [0.3, 0.4) is 0 Å². The van der Waals surface area contributed by atoms with Crippen LogP contribution in [0, 0.1) is 6.92 Å². The first-order chi connectivity index (χ1) is 19.7. The normalized spacial score (nSPS) is 15.0. The molecule has 1 aliphatic heterocycles. The molecule has 3 aromatic carbocycles. The van der Waals surface area contributed by atoms with E-state index < -0.39 is 6.36 Å². The number of rotatable bonds is 10. The van der Waals surface area contributed by atoms with E-state index >= 15 is 0 Å². The topological polar surface area (TPSA) is 55.5 Å². The average molecular weight is 565 g/mol. The van der Waals surface area contributed by atoms with Crippen LogP contribution in [0.1, 0.15) is 42.9 Å². The summed E-state index contributed by atoms with van der Waals surface area (Å²) in [6, 6.07) is 20.3. The summed E-state index contributed by atoms with van der Waals surface area (Å²) in [4.78, 5) is 2.50. The van der Waals surface area contributed by atoms with Gasteiger partial charge in [0.25, 0.3) is 0 Å². The molecule has 8 heteroatoms. The minimum atomic E-state index is -4.72. The van der Waals surface area contributed by atoms with Crippen LogP contribution in [0.25, 0.3) is 22.0 Å². The van der Waals surface area contributed by atoms with Gasteiger partial charge in [-0.3, -0.25) is 4.90 Å². The van der Waals surface area contributed by atoms with Gasteiger partial charge in [0.05, 0.1) is 0 Å². The summed E-state index contributed by atoms with van der Waals surface area (Å²) in [5, 5.41) is 4.80. The number of nitrogens with one attached hydrogen (secondary N) is 1. The Hall–Kier alpha value is -3.49. The first-order valence-corrected chi connectivity index (χ1v) is 14.5. The van der Waals surface area contributed by atoms with Crippen LogP contribution in [0.5, 0.6) is 5.75 Å².